The Labute approximate surface area is 103 Å². The molecular formula is C11H15BrN4. The molecule has 16 heavy (non-hydrogen) atoms. The molecule has 4 nitrogen and oxygen atoms in total. The first-order valence-corrected chi connectivity index (χ1v) is 5.92. The van der Waals surface area contributed by atoms with Crippen LogP contribution in [0.25, 0.3) is 5.52 Å². The van der Waals surface area contributed by atoms with Gasteiger partial charge in [-0.1, -0.05) is 0 Å². The molecule has 2 aromatic heterocycles. The smallest absolute Gasteiger partial charge is 0.134 e. The number of pyridine rings is 1. The zero-order valence-electron chi connectivity index (χ0n) is 9.66. The van der Waals surface area contributed by atoms with Crippen LogP contribution in [0.1, 0.15) is 5.82 Å². The summed E-state index contributed by atoms with van der Waals surface area (Å²) in [5, 5.41) is 3.12. The van der Waals surface area contributed by atoms with Crippen molar-refractivity contribution in [2.45, 2.75) is 6.54 Å². The largest absolute Gasteiger partial charge is 0.376 e. The van der Waals surface area contributed by atoms with E-state index in [1.807, 2.05) is 33.4 Å². The van der Waals surface area contributed by atoms with Crippen molar-refractivity contribution >= 4 is 27.1 Å². The van der Waals surface area contributed by atoms with Gasteiger partial charge >= 0.3 is 0 Å². The average molecular weight is 283 g/mol. The van der Waals surface area contributed by atoms with Crippen molar-refractivity contribution in [2.24, 2.45) is 0 Å². The molecule has 5 heteroatoms. The van der Waals surface area contributed by atoms with Gasteiger partial charge in [-0.25, -0.2) is 4.98 Å². The highest BCUT2D eigenvalue weighted by Gasteiger charge is 2.12. The topological polar surface area (TPSA) is 32.6 Å². The summed E-state index contributed by atoms with van der Waals surface area (Å²) >= 11 is 3.52. The first-order chi connectivity index (χ1) is 7.65. The van der Waals surface area contributed by atoms with Crippen molar-refractivity contribution in [1.29, 1.82) is 0 Å². The van der Waals surface area contributed by atoms with Crippen LogP contribution in [-0.4, -0.2) is 30.5 Å². The Morgan fingerprint density at radius 2 is 2.25 bits per heavy atom. The Morgan fingerprint density at radius 1 is 1.50 bits per heavy atom. The van der Waals surface area contributed by atoms with Gasteiger partial charge in [0.05, 0.1) is 12.2 Å². The molecule has 0 spiro atoms. The Balaban J connectivity index is 2.69. The van der Waals surface area contributed by atoms with E-state index in [0.29, 0.717) is 0 Å². The predicted molar refractivity (Wildman–Crippen MR) is 70.0 cm³/mol. The zero-order chi connectivity index (χ0) is 11.7. The minimum atomic E-state index is 0.754. The number of halogens is 1. The molecule has 0 aromatic carbocycles. The van der Waals surface area contributed by atoms with E-state index < -0.39 is 0 Å². The fourth-order valence-corrected chi connectivity index (χ4v) is 2.38. The van der Waals surface area contributed by atoms with Gasteiger partial charge in [0.15, 0.2) is 0 Å². The Morgan fingerprint density at radius 3 is 2.88 bits per heavy atom. The minimum Gasteiger partial charge on any atom is -0.376 e. The number of rotatable bonds is 3. The van der Waals surface area contributed by atoms with E-state index >= 15 is 0 Å². The van der Waals surface area contributed by atoms with Crippen LogP contribution in [0.2, 0.25) is 0 Å². The molecule has 0 fully saturated rings. The number of hydrogen-bond acceptors (Lipinski definition) is 3. The van der Waals surface area contributed by atoms with Gasteiger partial charge in [-0.2, -0.15) is 0 Å². The molecule has 0 radical (unpaired) electrons. The monoisotopic (exact) mass is 282 g/mol. The van der Waals surface area contributed by atoms with Crippen LogP contribution in [0.5, 0.6) is 0 Å². The highest BCUT2D eigenvalue weighted by molar-refractivity contribution is 9.10. The Hall–Kier alpha value is -1.07. The van der Waals surface area contributed by atoms with Crippen molar-refractivity contribution in [3.63, 3.8) is 0 Å². The second-order valence-corrected chi connectivity index (χ2v) is 4.61. The molecule has 2 aromatic rings. The minimum absolute atomic E-state index is 0.754. The highest BCUT2D eigenvalue weighted by Crippen LogP contribution is 2.27. The number of nitrogens with one attached hydrogen (secondary N) is 1. The average Bonchev–Trinajstić information content (AvgIpc) is 2.57. The van der Waals surface area contributed by atoms with Crippen molar-refractivity contribution in [3.8, 4) is 0 Å². The number of fused-ring (bicyclic) bond motifs is 1. The summed E-state index contributed by atoms with van der Waals surface area (Å²) in [5.41, 5.74) is 2.27. The summed E-state index contributed by atoms with van der Waals surface area (Å²) in [6, 6.07) is 4.13. The van der Waals surface area contributed by atoms with Crippen molar-refractivity contribution in [2.75, 3.05) is 26.0 Å². The van der Waals surface area contributed by atoms with Gasteiger partial charge in [-0.05, 0) is 35.1 Å². The van der Waals surface area contributed by atoms with Crippen molar-refractivity contribution in [3.05, 3.63) is 28.8 Å². The zero-order valence-corrected chi connectivity index (χ0v) is 11.2. The Bertz CT molecular complexity index is 504. The van der Waals surface area contributed by atoms with Gasteiger partial charge in [0, 0.05) is 20.3 Å². The van der Waals surface area contributed by atoms with Crippen LogP contribution in [-0.2, 0) is 6.54 Å². The molecule has 0 aliphatic heterocycles. The Kier molecular flexibility index (Phi) is 3.16. The molecule has 0 saturated heterocycles. The first kappa shape index (κ1) is 11.4. The summed E-state index contributed by atoms with van der Waals surface area (Å²) in [6.07, 6.45) is 2.03. The lowest BCUT2D eigenvalue weighted by Crippen LogP contribution is -2.11. The van der Waals surface area contributed by atoms with Gasteiger partial charge in [-0.3, -0.25) is 4.40 Å². The summed E-state index contributed by atoms with van der Waals surface area (Å²) in [5.74, 6) is 1.01. The summed E-state index contributed by atoms with van der Waals surface area (Å²) in [4.78, 5) is 6.60. The third-order valence-corrected chi connectivity index (χ3v) is 3.04. The molecule has 1 N–H and O–H groups in total. The van der Waals surface area contributed by atoms with E-state index in [1.54, 1.807) is 0 Å². The molecule has 2 heterocycles. The van der Waals surface area contributed by atoms with Gasteiger partial charge < -0.3 is 10.2 Å². The van der Waals surface area contributed by atoms with Crippen LogP contribution in [0, 0.1) is 0 Å². The fraction of sp³-hybridized carbons (Fsp3) is 0.364. The first-order valence-electron chi connectivity index (χ1n) is 5.12. The van der Waals surface area contributed by atoms with Crippen molar-refractivity contribution < 1.29 is 0 Å². The molecule has 0 amide bonds. The lowest BCUT2D eigenvalue weighted by atomic mass is 10.3. The van der Waals surface area contributed by atoms with Gasteiger partial charge in [0.25, 0.3) is 0 Å². The molecular weight excluding hydrogens is 268 g/mol. The number of hydrogen-bond donors (Lipinski definition) is 1. The van der Waals surface area contributed by atoms with Crippen molar-refractivity contribution in [1.82, 2.24) is 14.7 Å². The predicted octanol–water partition coefficient (Wildman–Crippen LogP) is 1.88. The van der Waals surface area contributed by atoms with E-state index in [-0.39, 0.29) is 0 Å². The molecule has 86 valence electrons. The van der Waals surface area contributed by atoms with Gasteiger partial charge in [0.2, 0.25) is 0 Å². The summed E-state index contributed by atoms with van der Waals surface area (Å²) in [7, 11) is 5.99. The quantitative estimate of drug-likeness (QED) is 0.933. The lowest BCUT2D eigenvalue weighted by Gasteiger charge is -2.14. The number of aromatic nitrogens is 2. The molecule has 0 aliphatic carbocycles. The second-order valence-electron chi connectivity index (χ2n) is 3.86. The third-order valence-electron chi connectivity index (χ3n) is 2.49. The maximum atomic E-state index is 4.51. The van der Waals surface area contributed by atoms with E-state index in [2.05, 4.69) is 41.6 Å². The molecule has 0 aliphatic rings. The van der Waals surface area contributed by atoms with E-state index in [4.69, 9.17) is 0 Å². The van der Waals surface area contributed by atoms with Crippen LogP contribution in [0.15, 0.2) is 22.9 Å². The summed E-state index contributed by atoms with van der Waals surface area (Å²) in [6.45, 7) is 0.754. The van der Waals surface area contributed by atoms with Crippen LogP contribution >= 0.6 is 15.9 Å². The second kappa shape index (κ2) is 4.43. The molecule has 0 unspecified atom stereocenters. The summed E-state index contributed by atoms with van der Waals surface area (Å²) < 4.78 is 3.00. The maximum absolute atomic E-state index is 4.51. The highest BCUT2D eigenvalue weighted by atomic mass is 79.9. The maximum Gasteiger partial charge on any atom is 0.134 e. The standard InChI is InChI=1S/C11H15BrN4/c1-13-7-9-14-11(12)10-8(15(2)3)5-4-6-16(9)10/h4-6,13H,7H2,1-3H3. The van der Waals surface area contributed by atoms with E-state index in [1.165, 1.54) is 0 Å². The van der Waals surface area contributed by atoms with Crippen LogP contribution < -0.4 is 10.2 Å². The fourth-order valence-electron chi connectivity index (χ4n) is 1.78. The third kappa shape index (κ3) is 1.81. The molecule has 2 rings (SSSR count). The van der Waals surface area contributed by atoms with E-state index in [0.717, 1.165) is 28.2 Å². The lowest BCUT2D eigenvalue weighted by molar-refractivity contribution is 0.754. The SMILES string of the molecule is CNCc1nc(Br)c2c(N(C)C)cccn12. The van der Waals surface area contributed by atoms with Crippen LogP contribution in [0.3, 0.4) is 0 Å². The van der Waals surface area contributed by atoms with Gasteiger partial charge in [-0.15, -0.1) is 0 Å². The van der Waals surface area contributed by atoms with Crippen LogP contribution in [0.4, 0.5) is 5.69 Å². The molecule has 0 bridgehead atoms. The number of imidazole rings is 1. The molecule has 0 atom stereocenters. The number of nitrogens with zero attached hydrogens (tertiary/aromatic N) is 3. The number of anilines is 1. The molecule has 0 saturated carbocycles. The van der Waals surface area contributed by atoms with E-state index in [9.17, 15) is 0 Å². The van der Waals surface area contributed by atoms with Gasteiger partial charge in [0.1, 0.15) is 15.9 Å². The normalized spacial score (nSPS) is 11.0.